The molecule has 3 aromatic rings. The van der Waals surface area contributed by atoms with Crippen LogP contribution in [0.15, 0.2) is 59.3 Å². The first-order chi connectivity index (χ1) is 9.83. The fourth-order valence-corrected chi connectivity index (χ4v) is 2.52. The van der Waals surface area contributed by atoms with Gasteiger partial charge in [-0.25, -0.2) is 9.78 Å². The molecule has 0 saturated carbocycles. The van der Waals surface area contributed by atoms with Crippen molar-refractivity contribution >= 4 is 17.3 Å². The van der Waals surface area contributed by atoms with Gasteiger partial charge in [0, 0.05) is 11.8 Å². The van der Waals surface area contributed by atoms with E-state index in [1.165, 1.54) is 17.6 Å². The molecule has 0 saturated heterocycles. The number of hydrogen-bond acceptors (Lipinski definition) is 5. The first kappa shape index (κ1) is 12.6. The number of carbonyl (C=O) groups is 1. The zero-order chi connectivity index (χ0) is 13.8. The van der Waals surface area contributed by atoms with E-state index in [2.05, 4.69) is 4.98 Å². The summed E-state index contributed by atoms with van der Waals surface area (Å²) in [4.78, 5) is 16.8. The molecule has 0 N–H and O–H groups in total. The second-order valence-electron chi connectivity index (χ2n) is 4.05. The van der Waals surface area contributed by atoms with Crippen molar-refractivity contribution in [3.8, 4) is 10.6 Å². The number of aromatic nitrogens is 1. The SMILES string of the molecule is O=C(OCc1cnc(-c2ccccc2)s1)c1ccco1. The monoisotopic (exact) mass is 285 g/mol. The molecule has 0 fully saturated rings. The van der Waals surface area contributed by atoms with Crippen LogP contribution in [0.2, 0.25) is 0 Å². The summed E-state index contributed by atoms with van der Waals surface area (Å²) in [5.74, 6) is -0.262. The van der Waals surface area contributed by atoms with Gasteiger partial charge in [-0.2, -0.15) is 0 Å². The van der Waals surface area contributed by atoms with Gasteiger partial charge in [0.2, 0.25) is 5.76 Å². The molecule has 0 aliphatic heterocycles. The van der Waals surface area contributed by atoms with E-state index in [1.807, 2.05) is 30.3 Å². The van der Waals surface area contributed by atoms with Gasteiger partial charge in [-0.15, -0.1) is 11.3 Å². The van der Waals surface area contributed by atoms with Crippen molar-refractivity contribution in [1.82, 2.24) is 4.98 Å². The molecule has 0 atom stereocenters. The van der Waals surface area contributed by atoms with E-state index in [4.69, 9.17) is 9.15 Å². The van der Waals surface area contributed by atoms with Gasteiger partial charge in [0.1, 0.15) is 11.6 Å². The number of thiazole rings is 1. The Kier molecular flexibility index (Phi) is 3.60. The molecule has 0 aliphatic rings. The van der Waals surface area contributed by atoms with Gasteiger partial charge in [0.25, 0.3) is 0 Å². The summed E-state index contributed by atoms with van der Waals surface area (Å²) in [5.41, 5.74) is 1.06. The highest BCUT2D eigenvalue weighted by Crippen LogP contribution is 2.25. The van der Waals surface area contributed by atoms with Crippen molar-refractivity contribution in [2.24, 2.45) is 0 Å². The first-order valence-corrected chi connectivity index (χ1v) is 6.85. The molecule has 4 nitrogen and oxygen atoms in total. The summed E-state index contributed by atoms with van der Waals surface area (Å²) >= 11 is 1.51. The van der Waals surface area contributed by atoms with Crippen LogP contribution in [0.1, 0.15) is 15.4 Å². The molecule has 20 heavy (non-hydrogen) atoms. The number of ether oxygens (including phenoxy) is 1. The molecule has 100 valence electrons. The largest absolute Gasteiger partial charge is 0.457 e. The number of rotatable bonds is 4. The molecule has 0 unspecified atom stereocenters. The number of furan rings is 1. The Hall–Kier alpha value is -2.40. The third-order valence-corrected chi connectivity index (χ3v) is 3.66. The Bertz CT molecular complexity index is 689. The van der Waals surface area contributed by atoms with Crippen molar-refractivity contribution in [2.75, 3.05) is 0 Å². The molecule has 0 aliphatic carbocycles. The van der Waals surface area contributed by atoms with Crippen molar-refractivity contribution in [3.63, 3.8) is 0 Å². The van der Waals surface area contributed by atoms with Crippen LogP contribution in [-0.4, -0.2) is 11.0 Å². The summed E-state index contributed by atoms with van der Waals surface area (Å²) in [6, 6.07) is 13.1. The maximum atomic E-state index is 11.6. The fourth-order valence-electron chi connectivity index (χ4n) is 1.69. The topological polar surface area (TPSA) is 52.3 Å². The molecule has 2 aromatic heterocycles. The lowest BCUT2D eigenvalue weighted by Crippen LogP contribution is -2.02. The molecular formula is C15H11NO3S. The Labute approximate surface area is 119 Å². The van der Waals surface area contributed by atoms with Crippen LogP contribution >= 0.6 is 11.3 Å². The molecule has 3 rings (SSSR count). The molecular weight excluding hydrogens is 274 g/mol. The van der Waals surface area contributed by atoms with Gasteiger partial charge in [-0.3, -0.25) is 0 Å². The average Bonchev–Trinajstić information content (AvgIpc) is 3.17. The molecule has 0 spiro atoms. The average molecular weight is 285 g/mol. The zero-order valence-electron chi connectivity index (χ0n) is 10.5. The third-order valence-electron chi connectivity index (χ3n) is 2.64. The maximum Gasteiger partial charge on any atom is 0.374 e. The van der Waals surface area contributed by atoms with Gasteiger partial charge in [-0.05, 0) is 12.1 Å². The van der Waals surface area contributed by atoms with E-state index in [1.54, 1.807) is 18.3 Å². The summed E-state index contributed by atoms with van der Waals surface area (Å²) in [6.45, 7) is 0.198. The lowest BCUT2D eigenvalue weighted by molar-refractivity contribution is 0.0440. The standard InChI is InChI=1S/C15H11NO3S/c17-15(13-7-4-8-18-13)19-10-12-9-16-14(20-12)11-5-2-1-3-6-11/h1-9H,10H2. The lowest BCUT2D eigenvalue weighted by Gasteiger charge is -1.99. The third kappa shape index (κ3) is 2.78. The number of benzene rings is 1. The van der Waals surface area contributed by atoms with Gasteiger partial charge < -0.3 is 9.15 Å². The van der Waals surface area contributed by atoms with E-state index in [9.17, 15) is 4.79 Å². The fraction of sp³-hybridized carbons (Fsp3) is 0.0667. The molecule has 0 bridgehead atoms. The summed E-state index contributed by atoms with van der Waals surface area (Å²) in [7, 11) is 0. The zero-order valence-corrected chi connectivity index (χ0v) is 11.3. The number of nitrogens with zero attached hydrogens (tertiary/aromatic N) is 1. The highest BCUT2D eigenvalue weighted by molar-refractivity contribution is 7.15. The van der Waals surface area contributed by atoms with E-state index in [0.717, 1.165) is 15.4 Å². The first-order valence-electron chi connectivity index (χ1n) is 6.04. The summed E-state index contributed by atoms with van der Waals surface area (Å²) in [6.07, 6.45) is 3.17. The summed E-state index contributed by atoms with van der Waals surface area (Å²) < 4.78 is 10.1. The number of esters is 1. The lowest BCUT2D eigenvalue weighted by atomic mass is 10.2. The highest BCUT2D eigenvalue weighted by atomic mass is 32.1. The molecule has 5 heteroatoms. The highest BCUT2D eigenvalue weighted by Gasteiger charge is 2.11. The van der Waals surface area contributed by atoms with E-state index >= 15 is 0 Å². The number of hydrogen-bond donors (Lipinski definition) is 0. The van der Waals surface area contributed by atoms with Crippen molar-refractivity contribution < 1.29 is 13.9 Å². The van der Waals surface area contributed by atoms with Crippen molar-refractivity contribution in [1.29, 1.82) is 0 Å². The van der Waals surface area contributed by atoms with Crippen LogP contribution < -0.4 is 0 Å². The van der Waals surface area contributed by atoms with Gasteiger partial charge in [0.05, 0.1) is 11.1 Å². The van der Waals surface area contributed by atoms with Crippen LogP contribution in [0.4, 0.5) is 0 Å². The van der Waals surface area contributed by atoms with Crippen molar-refractivity contribution in [2.45, 2.75) is 6.61 Å². The predicted octanol–water partition coefficient (Wildman–Crippen LogP) is 3.76. The molecule has 0 amide bonds. The molecule has 0 radical (unpaired) electrons. The Morgan fingerprint density at radius 3 is 2.80 bits per heavy atom. The second-order valence-corrected chi connectivity index (χ2v) is 5.17. The minimum absolute atomic E-state index is 0.198. The van der Waals surface area contributed by atoms with Crippen LogP contribution in [0, 0.1) is 0 Å². The van der Waals surface area contributed by atoms with E-state index < -0.39 is 5.97 Å². The maximum absolute atomic E-state index is 11.6. The Morgan fingerprint density at radius 2 is 2.05 bits per heavy atom. The van der Waals surface area contributed by atoms with Gasteiger partial charge in [-0.1, -0.05) is 30.3 Å². The minimum atomic E-state index is -0.468. The van der Waals surface area contributed by atoms with Crippen LogP contribution in [-0.2, 0) is 11.3 Å². The smallest absolute Gasteiger partial charge is 0.374 e. The quantitative estimate of drug-likeness (QED) is 0.685. The Morgan fingerprint density at radius 1 is 1.20 bits per heavy atom. The predicted molar refractivity (Wildman–Crippen MR) is 75.4 cm³/mol. The van der Waals surface area contributed by atoms with Crippen LogP contribution in [0.5, 0.6) is 0 Å². The van der Waals surface area contributed by atoms with E-state index in [0.29, 0.717) is 0 Å². The van der Waals surface area contributed by atoms with Crippen LogP contribution in [0.25, 0.3) is 10.6 Å². The normalized spacial score (nSPS) is 10.4. The second kappa shape index (κ2) is 5.71. The number of carbonyl (C=O) groups excluding carboxylic acids is 1. The minimum Gasteiger partial charge on any atom is -0.457 e. The van der Waals surface area contributed by atoms with Crippen LogP contribution in [0.3, 0.4) is 0 Å². The molecule has 1 aromatic carbocycles. The molecule has 2 heterocycles. The Balaban J connectivity index is 1.65. The van der Waals surface area contributed by atoms with E-state index in [-0.39, 0.29) is 12.4 Å². The van der Waals surface area contributed by atoms with Gasteiger partial charge >= 0.3 is 5.97 Å². The summed E-state index contributed by atoms with van der Waals surface area (Å²) in [5, 5.41) is 0.912. The van der Waals surface area contributed by atoms with Gasteiger partial charge in [0.15, 0.2) is 0 Å². The van der Waals surface area contributed by atoms with Crippen molar-refractivity contribution in [3.05, 3.63) is 65.6 Å².